The molecule has 0 fully saturated rings. The molecular formula is C18H17FN2. The highest BCUT2D eigenvalue weighted by atomic mass is 19.1. The molecule has 0 saturated carbocycles. The van der Waals surface area contributed by atoms with Gasteiger partial charge in [-0.2, -0.15) is 0 Å². The van der Waals surface area contributed by atoms with Gasteiger partial charge >= 0.3 is 0 Å². The summed E-state index contributed by atoms with van der Waals surface area (Å²) in [6.45, 7) is 2.84. The molecule has 0 aliphatic rings. The first-order valence-electron chi connectivity index (χ1n) is 7.11. The first-order valence-corrected chi connectivity index (χ1v) is 7.11. The van der Waals surface area contributed by atoms with Gasteiger partial charge in [0.25, 0.3) is 0 Å². The molecule has 0 spiro atoms. The third-order valence-corrected chi connectivity index (χ3v) is 3.60. The van der Waals surface area contributed by atoms with E-state index in [9.17, 15) is 4.39 Å². The number of fused-ring (bicyclic) bond motifs is 1. The van der Waals surface area contributed by atoms with Gasteiger partial charge < -0.3 is 5.32 Å². The Bertz CT molecular complexity index is 750. The van der Waals surface area contributed by atoms with Gasteiger partial charge in [0.05, 0.1) is 12.2 Å². The summed E-state index contributed by atoms with van der Waals surface area (Å²) in [4.78, 5) is 3.98. The van der Waals surface area contributed by atoms with E-state index in [4.69, 9.17) is 0 Å². The predicted molar refractivity (Wildman–Crippen MR) is 83.7 cm³/mol. The van der Waals surface area contributed by atoms with Crippen LogP contribution in [0.25, 0.3) is 10.8 Å². The summed E-state index contributed by atoms with van der Waals surface area (Å²) in [6.07, 6.45) is 2.95. The zero-order chi connectivity index (χ0) is 14.7. The Kier molecular flexibility index (Phi) is 3.93. The van der Waals surface area contributed by atoms with Gasteiger partial charge in [-0.15, -0.1) is 0 Å². The van der Waals surface area contributed by atoms with Gasteiger partial charge in [0.15, 0.2) is 0 Å². The summed E-state index contributed by atoms with van der Waals surface area (Å²) in [7, 11) is 0. The van der Waals surface area contributed by atoms with Crippen LogP contribution in [0, 0.1) is 5.82 Å². The summed E-state index contributed by atoms with van der Waals surface area (Å²) in [5.74, 6) is -0.310. The van der Waals surface area contributed by atoms with Crippen molar-refractivity contribution in [1.29, 1.82) is 0 Å². The van der Waals surface area contributed by atoms with Gasteiger partial charge in [-0.05, 0) is 34.5 Å². The average molecular weight is 280 g/mol. The Morgan fingerprint density at radius 3 is 2.71 bits per heavy atom. The maximum atomic E-state index is 13.5. The Balaban J connectivity index is 2.16. The molecule has 1 unspecified atom stereocenters. The molecule has 21 heavy (non-hydrogen) atoms. The molecule has 3 rings (SSSR count). The fourth-order valence-corrected chi connectivity index (χ4v) is 2.70. The number of rotatable bonds is 4. The van der Waals surface area contributed by atoms with Crippen molar-refractivity contribution in [1.82, 2.24) is 10.3 Å². The van der Waals surface area contributed by atoms with Crippen molar-refractivity contribution in [3.8, 4) is 0 Å². The molecule has 1 N–H and O–H groups in total. The maximum Gasteiger partial charge on any atom is 0.141 e. The number of hydrogen-bond donors (Lipinski definition) is 1. The number of pyridine rings is 1. The monoisotopic (exact) mass is 280 g/mol. The molecule has 1 atom stereocenters. The van der Waals surface area contributed by atoms with Crippen molar-refractivity contribution in [2.75, 3.05) is 6.54 Å². The average Bonchev–Trinajstić information content (AvgIpc) is 2.52. The van der Waals surface area contributed by atoms with E-state index >= 15 is 0 Å². The zero-order valence-electron chi connectivity index (χ0n) is 11.9. The normalized spacial score (nSPS) is 12.5. The van der Waals surface area contributed by atoms with E-state index in [1.807, 2.05) is 25.1 Å². The maximum absolute atomic E-state index is 13.5. The van der Waals surface area contributed by atoms with Crippen LogP contribution in [0.2, 0.25) is 0 Å². The highest BCUT2D eigenvalue weighted by molar-refractivity contribution is 5.86. The Morgan fingerprint density at radius 1 is 1.10 bits per heavy atom. The molecule has 0 aliphatic heterocycles. The number of benzene rings is 2. The van der Waals surface area contributed by atoms with E-state index in [1.165, 1.54) is 17.0 Å². The van der Waals surface area contributed by atoms with Gasteiger partial charge in [-0.25, -0.2) is 4.39 Å². The zero-order valence-corrected chi connectivity index (χ0v) is 11.9. The summed E-state index contributed by atoms with van der Waals surface area (Å²) in [6, 6.07) is 15.9. The summed E-state index contributed by atoms with van der Waals surface area (Å²) in [5.41, 5.74) is 1.98. The van der Waals surface area contributed by atoms with Crippen molar-refractivity contribution in [3.05, 3.63) is 77.9 Å². The second kappa shape index (κ2) is 6.02. The van der Waals surface area contributed by atoms with E-state index in [0.717, 1.165) is 17.7 Å². The lowest BCUT2D eigenvalue weighted by Crippen LogP contribution is -2.22. The van der Waals surface area contributed by atoms with Crippen molar-refractivity contribution >= 4 is 10.8 Å². The molecule has 2 aromatic carbocycles. The van der Waals surface area contributed by atoms with Crippen molar-refractivity contribution in [2.24, 2.45) is 0 Å². The second-order valence-corrected chi connectivity index (χ2v) is 5.00. The standard InChI is InChI=1S/C18H17FN2/c1-2-21-18(14-10-15(19)12-20-11-14)17-9-5-7-13-6-3-4-8-16(13)17/h3-12,18,21H,2H2,1H3. The van der Waals surface area contributed by atoms with Crippen LogP contribution < -0.4 is 5.32 Å². The van der Waals surface area contributed by atoms with Crippen LogP contribution in [0.1, 0.15) is 24.1 Å². The predicted octanol–water partition coefficient (Wildman–Crippen LogP) is 4.07. The van der Waals surface area contributed by atoms with Crippen LogP contribution in [-0.4, -0.2) is 11.5 Å². The van der Waals surface area contributed by atoms with Gasteiger partial charge in [-0.3, -0.25) is 4.98 Å². The van der Waals surface area contributed by atoms with Gasteiger partial charge in [0.2, 0.25) is 0 Å². The Hall–Kier alpha value is -2.26. The number of hydrogen-bond acceptors (Lipinski definition) is 2. The smallest absolute Gasteiger partial charge is 0.141 e. The SMILES string of the molecule is CCNC(c1cncc(F)c1)c1cccc2ccccc12. The highest BCUT2D eigenvalue weighted by Gasteiger charge is 2.16. The molecule has 3 aromatic rings. The van der Waals surface area contributed by atoms with E-state index in [2.05, 4.69) is 34.6 Å². The van der Waals surface area contributed by atoms with E-state index in [0.29, 0.717) is 0 Å². The molecule has 1 heterocycles. The van der Waals surface area contributed by atoms with Crippen molar-refractivity contribution in [2.45, 2.75) is 13.0 Å². The van der Waals surface area contributed by atoms with Crippen LogP contribution in [0.4, 0.5) is 4.39 Å². The van der Waals surface area contributed by atoms with E-state index in [1.54, 1.807) is 12.3 Å². The van der Waals surface area contributed by atoms with Crippen LogP contribution in [0.3, 0.4) is 0 Å². The molecular weight excluding hydrogens is 263 g/mol. The summed E-state index contributed by atoms with van der Waals surface area (Å²) < 4.78 is 13.5. The molecule has 3 heteroatoms. The fourth-order valence-electron chi connectivity index (χ4n) is 2.70. The Morgan fingerprint density at radius 2 is 1.90 bits per heavy atom. The molecule has 0 aliphatic carbocycles. The first-order chi connectivity index (χ1) is 10.3. The topological polar surface area (TPSA) is 24.9 Å². The van der Waals surface area contributed by atoms with E-state index in [-0.39, 0.29) is 11.9 Å². The lowest BCUT2D eigenvalue weighted by Gasteiger charge is -2.20. The fraction of sp³-hybridized carbons (Fsp3) is 0.167. The molecule has 0 bridgehead atoms. The minimum absolute atomic E-state index is 0.0655. The van der Waals surface area contributed by atoms with Gasteiger partial charge in [0.1, 0.15) is 5.82 Å². The number of nitrogens with one attached hydrogen (secondary N) is 1. The lowest BCUT2D eigenvalue weighted by atomic mass is 9.94. The molecule has 0 radical (unpaired) electrons. The molecule has 1 aromatic heterocycles. The van der Waals surface area contributed by atoms with Crippen molar-refractivity contribution in [3.63, 3.8) is 0 Å². The first kappa shape index (κ1) is 13.7. The number of halogens is 1. The van der Waals surface area contributed by atoms with Crippen LogP contribution in [0.5, 0.6) is 0 Å². The van der Waals surface area contributed by atoms with E-state index < -0.39 is 0 Å². The van der Waals surface area contributed by atoms with Crippen LogP contribution >= 0.6 is 0 Å². The van der Waals surface area contributed by atoms with Crippen LogP contribution in [-0.2, 0) is 0 Å². The minimum atomic E-state index is -0.310. The minimum Gasteiger partial charge on any atom is -0.306 e. The van der Waals surface area contributed by atoms with Crippen molar-refractivity contribution < 1.29 is 4.39 Å². The summed E-state index contributed by atoms with van der Waals surface area (Å²) in [5, 5.41) is 5.79. The third kappa shape index (κ3) is 2.78. The van der Waals surface area contributed by atoms with Gasteiger partial charge in [-0.1, -0.05) is 49.4 Å². The Labute approximate surface area is 123 Å². The summed E-state index contributed by atoms with van der Waals surface area (Å²) >= 11 is 0. The quantitative estimate of drug-likeness (QED) is 0.779. The largest absolute Gasteiger partial charge is 0.306 e. The second-order valence-electron chi connectivity index (χ2n) is 5.00. The molecule has 0 saturated heterocycles. The highest BCUT2D eigenvalue weighted by Crippen LogP contribution is 2.28. The lowest BCUT2D eigenvalue weighted by molar-refractivity contribution is 0.597. The molecule has 0 amide bonds. The number of nitrogens with zero attached hydrogens (tertiary/aromatic N) is 1. The van der Waals surface area contributed by atoms with Crippen LogP contribution in [0.15, 0.2) is 60.9 Å². The number of aromatic nitrogens is 1. The molecule has 106 valence electrons. The third-order valence-electron chi connectivity index (χ3n) is 3.60. The molecule has 2 nitrogen and oxygen atoms in total. The van der Waals surface area contributed by atoms with Gasteiger partial charge in [0, 0.05) is 6.20 Å².